The Labute approximate surface area is 284 Å². The summed E-state index contributed by atoms with van der Waals surface area (Å²) in [5.41, 5.74) is 5.23. The minimum absolute atomic E-state index is 0.00805. The number of esters is 1. The Morgan fingerprint density at radius 2 is 1.48 bits per heavy atom. The van der Waals surface area contributed by atoms with Gasteiger partial charge < -0.3 is 14.5 Å². The van der Waals surface area contributed by atoms with Crippen LogP contribution in [-0.4, -0.2) is 115 Å². The molecule has 1 unspecified atom stereocenters. The third-order valence-electron chi connectivity index (χ3n) is 10.5. The second-order valence-corrected chi connectivity index (χ2v) is 13.4. The zero-order valence-corrected chi connectivity index (χ0v) is 28.1. The van der Waals surface area contributed by atoms with Crippen molar-refractivity contribution in [3.8, 4) is 0 Å². The van der Waals surface area contributed by atoms with E-state index >= 15 is 0 Å². The van der Waals surface area contributed by atoms with Crippen LogP contribution in [0.15, 0.2) is 85.1 Å². The number of likely N-dealkylation sites (tertiary alicyclic amines) is 2. The van der Waals surface area contributed by atoms with Crippen molar-refractivity contribution in [2.24, 2.45) is 0 Å². The largest absolute Gasteiger partial charge is 0.465 e. The number of carbonyl (C=O) groups excluding carboxylic acids is 3. The number of hydrazine groups is 1. The number of aromatic nitrogens is 1. The van der Waals surface area contributed by atoms with Crippen molar-refractivity contribution in [1.82, 2.24) is 30.1 Å². The summed E-state index contributed by atoms with van der Waals surface area (Å²) >= 11 is 0. The molecular formula is C38H48N6O4. The molecule has 1 N–H and O–H groups in total. The molecule has 254 valence electrons. The van der Waals surface area contributed by atoms with Gasteiger partial charge in [-0.2, -0.15) is 0 Å². The number of hydrogen-bond acceptors (Lipinski definition) is 8. The molecule has 0 saturated carbocycles. The summed E-state index contributed by atoms with van der Waals surface area (Å²) in [7, 11) is 0. The molecule has 2 aromatic carbocycles. The molecule has 4 heterocycles. The predicted molar refractivity (Wildman–Crippen MR) is 184 cm³/mol. The fraction of sp³-hybridized carbons (Fsp3) is 0.474. The normalized spacial score (nSPS) is 21.9. The molecule has 0 radical (unpaired) electrons. The van der Waals surface area contributed by atoms with Gasteiger partial charge in [0.25, 0.3) is 5.91 Å². The number of rotatable bonds is 11. The minimum Gasteiger partial charge on any atom is -0.465 e. The first-order valence-electron chi connectivity index (χ1n) is 17.4. The van der Waals surface area contributed by atoms with Crippen molar-refractivity contribution in [2.75, 3.05) is 72.1 Å². The van der Waals surface area contributed by atoms with Crippen molar-refractivity contribution in [1.29, 1.82) is 0 Å². The zero-order valence-electron chi connectivity index (χ0n) is 28.1. The van der Waals surface area contributed by atoms with Crippen LogP contribution in [0.4, 0.5) is 0 Å². The lowest BCUT2D eigenvalue weighted by atomic mass is 9.73. The van der Waals surface area contributed by atoms with Crippen molar-refractivity contribution in [2.45, 2.75) is 43.4 Å². The first-order valence-corrected chi connectivity index (χ1v) is 17.4. The summed E-state index contributed by atoms with van der Waals surface area (Å²) in [4.78, 5) is 50.7. The van der Waals surface area contributed by atoms with E-state index in [1.165, 1.54) is 5.56 Å². The zero-order chi connectivity index (χ0) is 33.4. The number of piperidine rings is 1. The number of pyridine rings is 1. The van der Waals surface area contributed by atoms with E-state index in [0.717, 1.165) is 50.3 Å². The number of nitrogens with zero attached hydrogens (tertiary/aromatic N) is 5. The maximum absolute atomic E-state index is 14.1. The van der Waals surface area contributed by atoms with Gasteiger partial charge >= 0.3 is 5.97 Å². The van der Waals surface area contributed by atoms with Crippen LogP contribution in [0.1, 0.15) is 54.2 Å². The highest BCUT2D eigenvalue weighted by Crippen LogP contribution is 2.40. The van der Waals surface area contributed by atoms with Crippen LogP contribution < -0.4 is 5.43 Å². The Balaban J connectivity index is 1.09. The van der Waals surface area contributed by atoms with Crippen LogP contribution in [0, 0.1) is 0 Å². The smallest absolute Gasteiger partial charge is 0.320 e. The third kappa shape index (κ3) is 7.61. The molecule has 3 fully saturated rings. The number of nitrogens with one attached hydrogen (secondary N) is 1. The van der Waals surface area contributed by atoms with E-state index in [2.05, 4.69) is 45.6 Å². The average Bonchev–Trinajstić information content (AvgIpc) is 3.58. The van der Waals surface area contributed by atoms with Gasteiger partial charge in [0, 0.05) is 56.4 Å². The number of benzene rings is 2. The van der Waals surface area contributed by atoms with E-state index in [0.29, 0.717) is 52.2 Å². The maximum Gasteiger partial charge on any atom is 0.320 e. The highest BCUT2D eigenvalue weighted by atomic mass is 16.5. The second kappa shape index (κ2) is 15.4. The lowest BCUT2D eigenvalue weighted by Crippen LogP contribution is -2.60. The highest BCUT2D eigenvalue weighted by molar-refractivity contribution is 5.94. The quantitative estimate of drug-likeness (QED) is 0.315. The van der Waals surface area contributed by atoms with Gasteiger partial charge in [0.05, 0.1) is 24.3 Å². The van der Waals surface area contributed by atoms with E-state index in [1.807, 2.05) is 65.4 Å². The van der Waals surface area contributed by atoms with Crippen LogP contribution in [0.25, 0.3) is 0 Å². The van der Waals surface area contributed by atoms with Gasteiger partial charge in [-0.25, -0.2) is 5.01 Å². The van der Waals surface area contributed by atoms with Crippen molar-refractivity contribution >= 4 is 17.8 Å². The Morgan fingerprint density at radius 3 is 2.15 bits per heavy atom. The molecule has 3 aromatic rings. The molecule has 3 aliphatic heterocycles. The van der Waals surface area contributed by atoms with Crippen LogP contribution in [0.3, 0.4) is 0 Å². The summed E-state index contributed by atoms with van der Waals surface area (Å²) < 4.78 is 5.10. The van der Waals surface area contributed by atoms with Crippen molar-refractivity contribution in [3.63, 3.8) is 0 Å². The van der Waals surface area contributed by atoms with E-state index < -0.39 is 5.41 Å². The van der Waals surface area contributed by atoms with Gasteiger partial charge in [-0.15, -0.1) is 0 Å². The van der Waals surface area contributed by atoms with Gasteiger partial charge in [0.1, 0.15) is 0 Å². The standard InChI is InChI=1S/C38H48N6O4/c1-2-48-34(45)29-42-25-27-44(28-26-42)40-36(47)38(33-15-9-10-20-39-33)18-22-41(23-19-38)21-16-37(32-13-7-4-8-14-32)17-24-43(30-37)35(46)31-11-5-3-6-12-31/h3-15,20H,2,16-19,21-30H2,1H3,(H,40,47). The molecule has 0 aliphatic carbocycles. The molecule has 0 bridgehead atoms. The summed E-state index contributed by atoms with van der Waals surface area (Å²) in [6.07, 6.45) is 4.99. The lowest BCUT2D eigenvalue weighted by molar-refractivity contribution is -0.145. The van der Waals surface area contributed by atoms with Crippen LogP contribution in [0.5, 0.6) is 0 Å². The number of ether oxygens (including phenoxy) is 1. The first kappa shape index (κ1) is 33.8. The number of piperazine rings is 1. The Bertz CT molecular complexity index is 1510. The Kier molecular flexibility index (Phi) is 10.8. The monoisotopic (exact) mass is 652 g/mol. The van der Waals surface area contributed by atoms with E-state index in [1.54, 1.807) is 6.20 Å². The number of hydrogen-bond donors (Lipinski definition) is 1. The molecule has 2 amide bonds. The highest BCUT2D eigenvalue weighted by Gasteiger charge is 2.46. The van der Waals surface area contributed by atoms with Gasteiger partial charge in [0.15, 0.2) is 0 Å². The van der Waals surface area contributed by atoms with Crippen LogP contribution in [0.2, 0.25) is 0 Å². The van der Waals surface area contributed by atoms with Gasteiger partial charge in [-0.05, 0) is 82.1 Å². The van der Waals surface area contributed by atoms with Crippen molar-refractivity contribution in [3.05, 3.63) is 102 Å². The van der Waals surface area contributed by atoms with Crippen LogP contribution >= 0.6 is 0 Å². The molecule has 10 heteroatoms. The second-order valence-electron chi connectivity index (χ2n) is 13.4. The van der Waals surface area contributed by atoms with Crippen LogP contribution in [-0.2, 0) is 25.2 Å². The Morgan fingerprint density at radius 1 is 0.792 bits per heavy atom. The van der Waals surface area contributed by atoms with Gasteiger partial charge in [0.2, 0.25) is 5.91 Å². The third-order valence-corrected chi connectivity index (χ3v) is 10.5. The average molecular weight is 653 g/mol. The lowest BCUT2D eigenvalue weighted by Gasteiger charge is -2.43. The van der Waals surface area contributed by atoms with E-state index in [9.17, 15) is 14.4 Å². The molecule has 6 rings (SSSR count). The molecule has 1 atom stereocenters. The molecule has 1 aromatic heterocycles. The Hall–Kier alpha value is -4.12. The van der Waals surface area contributed by atoms with Gasteiger partial charge in [-0.1, -0.05) is 54.6 Å². The molecule has 10 nitrogen and oxygen atoms in total. The summed E-state index contributed by atoms with van der Waals surface area (Å²) in [6, 6.07) is 26.1. The molecule has 3 aliphatic rings. The maximum atomic E-state index is 14.1. The van der Waals surface area contributed by atoms with E-state index in [4.69, 9.17) is 9.72 Å². The summed E-state index contributed by atoms with van der Waals surface area (Å²) in [6.45, 7) is 9.01. The van der Waals surface area contributed by atoms with Crippen molar-refractivity contribution < 1.29 is 19.1 Å². The minimum atomic E-state index is -0.719. The number of carbonyl (C=O) groups is 3. The fourth-order valence-corrected chi connectivity index (χ4v) is 7.62. The van der Waals surface area contributed by atoms with Gasteiger partial charge in [-0.3, -0.25) is 29.7 Å². The molecule has 0 spiro atoms. The number of amides is 2. The topological polar surface area (TPSA) is 98.3 Å². The predicted octanol–water partition coefficient (Wildman–Crippen LogP) is 3.50. The molecule has 48 heavy (non-hydrogen) atoms. The first-order chi connectivity index (χ1) is 23.4. The SMILES string of the molecule is CCOC(=O)CN1CCN(NC(=O)C2(c3ccccn3)CCN(CCC3(c4ccccc4)CCN(C(=O)c4ccccc4)C3)CC2)CC1. The fourth-order valence-electron chi connectivity index (χ4n) is 7.62. The molecular weight excluding hydrogens is 604 g/mol. The molecule has 3 saturated heterocycles. The van der Waals surface area contributed by atoms with E-state index in [-0.39, 0.29) is 29.7 Å². The summed E-state index contributed by atoms with van der Waals surface area (Å²) in [5, 5.41) is 1.98. The summed E-state index contributed by atoms with van der Waals surface area (Å²) in [5.74, 6) is -0.124.